The summed E-state index contributed by atoms with van der Waals surface area (Å²) >= 11 is 5.93. The lowest BCUT2D eigenvalue weighted by atomic mass is 10.1. The monoisotopic (exact) mass is 386 g/mol. The van der Waals surface area contributed by atoms with Gasteiger partial charge in [0.05, 0.1) is 11.7 Å². The van der Waals surface area contributed by atoms with Gasteiger partial charge in [-0.05, 0) is 62.7 Å². The molecule has 1 unspecified atom stereocenters. The first-order valence-electron chi connectivity index (χ1n) is 8.66. The van der Waals surface area contributed by atoms with Gasteiger partial charge in [0.25, 0.3) is 5.91 Å². The van der Waals surface area contributed by atoms with Crippen LogP contribution in [0.2, 0.25) is 5.02 Å². The topological polar surface area (TPSA) is 51.0 Å². The lowest BCUT2D eigenvalue weighted by Crippen LogP contribution is -2.34. The second-order valence-electron chi connectivity index (χ2n) is 6.19. The van der Waals surface area contributed by atoms with Crippen LogP contribution in [0.4, 0.5) is 4.39 Å². The number of hydrogen-bond donors (Lipinski definition) is 0. The van der Waals surface area contributed by atoms with Gasteiger partial charge in [-0.25, -0.2) is 14.1 Å². The molecule has 0 aliphatic carbocycles. The van der Waals surface area contributed by atoms with Crippen molar-refractivity contribution in [3.8, 4) is 5.69 Å². The Bertz CT molecular complexity index is 938. The zero-order chi connectivity index (χ0) is 19.6. The van der Waals surface area contributed by atoms with Crippen LogP contribution in [0.5, 0.6) is 0 Å². The van der Waals surface area contributed by atoms with Gasteiger partial charge in [-0.15, -0.1) is 5.10 Å². The van der Waals surface area contributed by atoms with Crippen LogP contribution in [0.1, 0.15) is 41.9 Å². The molecule has 3 aromatic rings. The van der Waals surface area contributed by atoms with Crippen LogP contribution in [-0.2, 0) is 0 Å². The Hall–Kier alpha value is -2.73. The summed E-state index contributed by atoms with van der Waals surface area (Å²) in [5.41, 5.74) is 1.62. The average Bonchev–Trinajstić information content (AvgIpc) is 3.05. The molecule has 0 bridgehead atoms. The van der Waals surface area contributed by atoms with E-state index in [0.717, 1.165) is 11.3 Å². The van der Waals surface area contributed by atoms with Gasteiger partial charge >= 0.3 is 0 Å². The van der Waals surface area contributed by atoms with Gasteiger partial charge in [-0.3, -0.25) is 4.79 Å². The van der Waals surface area contributed by atoms with Crippen molar-refractivity contribution in [1.29, 1.82) is 0 Å². The molecule has 0 spiro atoms. The Labute approximate surface area is 162 Å². The molecule has 0 N–H and O–H groups in total. The third-order valence-corrected chi connectivity index (χ3v) is 4.70. The molecule has 2 aromatic carbocycles. The van der Waals surface area contributed by atoms with Crippen LogP contribution in [0.15, 0.2) is 48.5 Å². The van der Waals surface area contributed by atoms with Gasteiger partial charge in [-0.2, -0.15) is 0 Å². The number of hydrogen-bond acceptors (Lipinski definition) is 3. The summed E-state index contributed by atoms with van der Waals surface area (Å²) in [7, 11) is 0. The number of halogens is 2. The first-order chi connectivity index (χ1) is 12.9. The number of carbonyl (C=O) groups excluding carboxylic acids is 1. The minimum atomic E-state index is -0.306. The molecule has 1 amide bonds. The van der Waals surface area contributed by atoms with Gasteiger partial charge in [0.15, 0.2) is 0 Å². The maximum atomic E-state index is 13.2. The molecule has 140 valence electrons. The summed E-state index contributed by atoms with van der Waals surface area (Å²) in [5.74, 6) is 0.147. The van der Waals surface area contributed by atoms with Crippen LogP contribution >= 0.6 is 11.6 Å². The van der Waals surface area contributed by atoms with Crippen molar-refractivity contribution < 1.29 is 9.18 Å². The molecule has 0 saturated heterocycles. The molecule has 3 rings (SSSR count). The Balaban J connectivity index is 1.88. The molecule has 0 saturated carbocycles. The molecule has 1 heterocycles. The number of aryl methyl sites for hydroxylation is 1. The van der Waals surface area contributed by atoms with E-state index < -0.39 is 0 Å². The van der Waals surface area contributed by atoms with Crippen LogP contribution in [-0.4, -0.2) is 32.1 Å². The Morgan fingerprint density at radius 1 is 1.19 bits per heavy atom. The van der Waals surface area contributed by atoms with Gasteiger partial charge in [0.2, 0.25) is 5.82 Å². The average molecular weight is 387 g/mol. The van der Waals surface area contributed by atoms with Gasteiger partial charge in [0, 0.05) is 11.6 Å². The van der Waals surface area contributed by atoms with Crippen molar-refractivity contribution in [2.45, 2.75) is 26.8 Å². The molecule has 7 heteroatoms. The Morgan fingerprint density at radius 2 is 1.81 bits per heavy atom. The van der Waals surface area contributed by atoms with Crippen LogP contribution in [0, 0.1) is 12.7 Å². The molecule has 1 atom stereocenters. The van der Waals surface area contributed by atoms with E-state index in [2.05, 4.69) is 10.1 Å². The Kier molecular flexibility index (Phi) is 5.56. The highest BCUT2D eigenvalue weighted by Gasteiger charge is 2.25. The highest BCUT2D eigenvalue weighted by Crippen LogP contribution is 2.22. The SMILES string of the molecule is CCN(C(=O)c1nc(C)n(-c2ccc(Cl)cc2)n1)C(C)c1ccc(F)cc1. The molecule has 0 aliphatic heterocycles. The van der Waals surface area contributed by atoms with Crippen molar-refractivity contribution >= 4 is 17.5 Å². The second kappa shape index (κ2) is 7.88. The van der Waals surface area contributed by atoms with Crippen molar-refractivity contribution in [3.63, 3.8) is 0 Å². The number of benzene rings is 2. The summed E-state index contributed by atoms with van der Waals surface area (Å²) in [6.45, 7) is 6.06. The standard InChI is InChI=1S/C20H20ClFN4O/c1-4-25(13(2)15-5-9-17(22)10-6-15)20(27)19-23-14(3)26(24-19)18-11-7-16(21)8-12-18/h5-13H,4H2,1-3H3. The number of aromatic nitrogens is 3. The van der Waals surface area contributed by atoms with Crippen molar-refractivity contribution in [1.82, 2.24) is 19.7 Å². The first kappa shape index (κ1) is 19.0. The third kappa shape index (κ3) is 4.01. The molecule has 0 aliphatic rings. The van der Waals surface area contributed by atoms with Crippen molar-refractivity contribution in [2.24, 2.45) is 0 Å². The fraction of sp³-hybridized carbons (Fsp3) is 0.250. The third-order valence-electron chi connectivity index (χ3n) is 4.45. The predicted octanol–water partition coefficient (Wildman–Crippen LogP) is 4.59. The van der Waals surface area contributed by atoms with Crippen LogP contribution < -0.4 is 0 Å². The van der Waals surface area contributed by atoms with Crippen LogP contribution in [0.25, 0.3) is 5.69 Å². The van der Waals surface area contributed by atoms with E-state index in [9.17, 15) is 9.18 Å². The molecular formula is C20H20ClFN4O. The quantitative estimate of drug-likeness (QED) is 0.644. The lowest BCUT2D eigenvalue weighted by Gasteiger charge is -2.27. The Morgan fingerprint density at radius 3 is 2.41 bits per heavy atom. The molecule has 0 fully saturated rings. The van der Waals surface area contributed by atoms with E-state index in [0.29, 0.717) is 17.4 Å². The van der Waals surface area contributed by atoms with E-state index in [4.69, 9.17) is 11.6 Å². The van der Waals surface area contributed by atoms with E-state index in [1.807, 2.05) is 26.0 Å². The minimum Gasteiger partial charge on any atom is -0.329 e. The smallest absolute Gasteiger partial charge is 0.294 e. The van der Waals surface area contributed by atoms with Crippen LogP contribution in [0.3, 0.4) is 0 Å². The summed E-state index contributed by atoms with van der Waals surface area (Å²) in [6, 6.07) is 13.1. The molecular weight excluding hydrogens is 367 g/mol. The number of rotatable bonds is 5. The maximum Gasteiger partial charge on any atom is 0.294 e. The lowest BCUT2D eigenvalue weighted by molar-refractivity contribution is 0.0689. The van der Waals surface area contributed by atoms with E-state index in [1.54, 1.807) is 40.8 Å². The van der Waals surface area contributed by atoms with Crippen molar-refractivity contribution in [2.75, 3.05) is 6.54 Å². The molecule has 5 nitrogen and oxygen atoms in total. The summed E-state index contributed by atoms with van der Waals surface area (Å²) < 4.78 is 14.8. The largest absolute Gasteiger partial charge is 0.329 e. The van der Waals surface area contributed by atoms with Gasteiger partial charge < -0.3 is 4.90 Å². The number of nitrogens with zero attached hydrogens (tertiary/aromatic N) is 4. The van der Waals surface area contributed by atoms with E-state index >= 15 is 0 Å². The summed E-state index contributed by atoms with van der Waals surface area (Å²) in [6.07, 6.45) is 0. The zero-order valence-corrected chi connectivity index (χ0v) is 16.1. The molecule has 27 heavy (non-hydrogen) atoms. The van der Waals surface area contributed by atoms with Crippen molar-refractivity contribution in [3.05, 3.63) is 76.6 Å². The predicted molar refractivity (Wildman–Crippen MR) is 103 cm³/mol. The first-order valence-corrected chi connectivity index (χ1v) is 9.04. The highest BCUT2D eigenvalue weighted by molar-refractivity contribution is 6.30. The highest BCUT2D eigenvalue weighted by atomic mass is 35.5. The van der Waals surface area contributed by atoms with E-state index in [1.165, 1.54) is 12.1 Å². The van der Waals surface area contributed by atoms with Gasteiger partial charge in [0.1, 0.15) is 11.6 Å². The summed E-state index contributed by atoms with van der Waals surface area (Å²) in [4.78, 5) is 19.0. The normalized spacial score (nSPS) is 12.0. The fourth-order valence-electron chi connectivity index (χ4n) is 2.95. The summed E-state index contributed by atoms with van der Waals surface area (Å²) in [5, 5.41) is 5.00. The minimum absolute atomic E-state index is 0.123. The number of amides is 1. The zero-order valence-electron chi connectivity index (χ0n) is 15.4. The van der Waals surface area contributed by atoms with E-state index in [-0.39, 0.29) is 23.6 Å². The fourth-order valence-corrected chi connectivity index (χ4v) is 3.08. The van der Waals surface area contributed by atoms with Gasteiger partial charge in [-0.1, -0.05) is 23.7 Å². The molecule has 0 radical (unpaired) electrons. The maximum absolute atomic E-state index is 13.2. The second-order valence-corrected chi connectivity index (χ2v) is 6.63. The molecule has 1 aromatic heterocycles. The number of carbonyl (C=O) groups is 1.